The lowest BCUT2D eigenvalue weighted by molar-refractivity contribution is -0.160. The van der Waals surface area contributed by atoms with Gasteiger partial charge in [-0.05, 0) is 25.7 Å². The summed E-state index contributed by atoms with van der Waals surface area (Å²) >= 11 is 0. The van der Waals surface area contributed by atoms with Gasteiger partial charge >= 0.3 is 12.3 Å². The third-order valence-electron chi connectivity index (χ3n) is 3.27. The van der Waals surface area contributed by atoms with Crippen LogP contribution in [0, 0.1) is 0 Å². The molecule has 0 radical (unpaired) electrons. The Hall–Kier alpha value is -0.850. The van der Waals surface area contributed by atoms with Crippen LogP contribution in [0.25, 0.3) is 0 Å². The summed E-state index contributed by atoms with van der Waals surface area (Å²) in [6, 6.07) is -0.200. The predicted octanol–water partition coefficient (Wildman–Crippen LogP) is 1.63. The van der Waals surface area contributed by atoms with Gasteiger partial charge in [0.2, 0.25) is 5.91 Å². The number of piperidine rings is 1. The second-order valence-corrected chi connectivity index (χ2v) is 4.96. The van der Waals surface area contributed by atoms with E-state index >= 15 is 0 Å². The Morgan fingerprint density at radius 1 is 1.33 bits per heavy atom. The molecule has 0 bridgehead atoms. The molecule has 1 N–H and O–H groups in total. The van der Waals surface area contributed by atoms with Gasteiger partial charge in [-0.25, -0.2) is 8.78 Å². The number of nitrogens with one attached hydrogen (secondary N) is 1. The molecule has 0 aromatic carbocycles. The maximum Gasteiger partial charge on any atom is 0.324 e. The van der Waals surface area contributed by atoms with E-state index in [9.17, 15) is 22.4 Å². The van der Waals surface area contributed by atoms with Gasteiger partial charge in [-0.2, -0.15) is 8.78 Å². The Balaban J connectivity index is 1.93. The molecule has 3 nitrogen and oxygen atoms in total. The Bertz CT molecular complexity index is 320. The number of alkyl halides is 4. The highest BCUT2D eigenvalue weighted by atomic mass is 19.3. The van der Waals surface area contributed by atoms with Crippen LogP contribution in [0.3, 0.4) is 0 Å². The van der Waals surface area contributed by atoms with Crippen molar-refractivity contribution in [3.63, 3.8) is 0 Å². The zero-order valence-electron chi connectivity index (χ0n) is 9.84. The highest BCUT2D eigenvalue weighted by Crippen LogP contribution is 2.27. The van der Waals surface area contributed by atoms with E-state index in [0.717, 1.165) is 17.7 Å². The van der Waals surface area contributed by atoms with Crippen molar-refractivity contribution in [1.82, 2.24) is 10.2 Å². The van der Waals surface area contributed by atoms with Crippen LogP contribution in [-0.2, 0) is 4.79 Å². The Labute approximate surface area is 103 Å². The molecular weight excluding hydrogens is 252 g/mol. The number of hydrogen-bond donors (Lipinski definition) is 1. The largest absolute Gasteiger partial charge is 0.335 e. The summed E-state index contributed by atoms with van der Waals surface area (Å²) < 4.78 is 50.1. The number of likely N-dealkylation sites (tertiary alicyclic amines) is 1. The average Bonchev–Trinajstić information content (AvgIpc) is 3.07. The number of carbonyl (C=O) groups is 1. The van der Waals surface area contributed by atoms with Crippen LogP contribution in [-0.4, -0.2) is 48.3 Å². The molecule has 2 aliphatic rings. The lowest BCUT2D eigenvalue weighted by Gasteiger charge is -2.34. The number of halogens is 4. The maximum absolute atomic E-state index is 12.9. The minimum atomic E-state index is -4.13. The number of hydrogen-bond acceptors (Lipinski definition) is 2. The smallest absolute Gasteiger partial charge is 0.324 e. The molecule has 1 unspecified atom stereocenters. The van der Waals surface area contributed by atoms with Crippen molar-refractivity contribution in [2.24, 2.45) is 0 Å². The van der Waals surface area contributed by atoms with Crippen LogP contribution in [0.1, 0.15) is 25.7 Å². The van der Waals surface area contributed by atoms with Gasteiger partial charge in [0.1, 0.15) is 0 Å². The first-order valence-electron chi connectivity index (χ1n) is 6.11. The Morgan fingerprint density at radius 2 is 2.00 bits per heavy atom. The average molecular weight is 268 g/mol. The molecule has 7 heteroatoms. The van der Waals surface area contributed by atoms with Crippen molar-refractivity contribution in [2.75, 3.05) is 13.1 Å². The second-order valence-electron chi connectivity index (χ2n) is 4.96. The summed E-state index contributed by atoms with van der Waals surface area (Å²) in [7, 11) is 0. The molecule has 0 aromatic heterocycles. The number of rotatable bonds is 5. The van der Waals surface area contributed by atoms with Crippen molar-refractivity contribution >= 4 is 5.91 Å². The number of nitrogens with zero attached hydrogens (tertiary/aromatic N) is 1. The molecule has 2 rings (SSSR count). The fourth-order valence-corrected chi connectivity index (χ4v) is 2.11. The zero-order valence-corrected chi connectivity index (χ0v) is 9.84. The summed E-state index contributed by atoms with van der Waals surface area (Å²) in [5.74, 6) is -4.61. The highest BCUT2D eigenvalue weighted by molar-refractivity contribution is 5.82. The minimum absolute atomic E-state index is 0.129. The van der Waals surface area contributed by atoms with Crippen molar-refractivity contribution in [3.05, 3.63) is 0 Å². The monoisotopic (exact) mass is 268 g/mol. The molecule has 1 aliphatic carbocycles. The number of carbonyl (C=O) groups excluding carboxylic acids is 1. The minimum Gasteiger partial charge on any atom is -0.335 e. The topological polar surface area (TPSA) is 32.3 Å². The first kappa shape index (κ1) is 13.6. The summed E-state index contributed by atoms with van der Waals surface area (Å²) in [4.78, 5) is 12.7. The fraction of sp³-hybridized carbons (Fsp3) is 0.909. The molecule has 2 fully saturated rings. The third kappa shape index (κ3) is 3.13. The van der Waals surface area contributed by atoms with Gasteiger partial charge in [0.05, 0.1) is 12.6 Å². The molecule has 0 aromatic rings. The molecule has 104 valence electrons. The summed E-state index contributed by atoms with van der Waals surface area (Å²) in [5.41, 5.74) is 0. The third-order valence-corrected chi connectivity index (χ3v) is 3.27. The van der Waals surface area contributed by atoms with Crippen LogP contribution >= 0.6 is 0 Å². The van der Waals surface area contributed by atoms with Crippen LogP contribution in [0.4, 0.5) is 17.6 Å². The molecular formula is C11H16F4N2O. The van der Waals surface area contributed by atoms with E-state index in [4.69, 9.17) is 0 Å². The summed E-state index contributed by atoms with van der Waals surface area (Å²) in [6.45, 7) is -1.06. The molecule has 1 saturated heterocycles. The highest BCUT2D eigenvalue weighted by Gasteiger charge is 2.45. The van der Waals surface area contributed by atoms with Crippen LogP contribution in [0.5, 0.6) is 0 Å². The molecule has 18 heavy (non-hydrogen) atoms. The van der Waals surface area contributed by atoms with Gasteiger partial charge in [0, 0.05) is 12.6 Å². The lowest BCUT2D eigenvalue weighted by Crippen LogP contribution is -2.55. The summed E-state index contributed by atoms with van der Waals surface area (Å²) in [6.07, 6.45) is -0.614. The fourth-order valence-electron chi connectivity index (χ4n) is 2.11. The molecule has 0 spiro atoms. The van der Waals surface area contributed by atoms with E-state index in [0.29, 0.717) is 12.8 Å². The van der Waals surface area contributed by atoms with Crippen LogP contribution < -0.4 is 5.32 Å². The summed E-state index contributed by atoms with van der Waals surface area (Å²) in [5, 5.41) is 3.06. The van der Waals surface area contributed by atoms with Gasteiger partial charge in [0.15, 0.2) is 0 Å². The second kappa shape index (κ2) is 5.03. The van der Waals surface area contributed by atoms with Crippen molar-refractivity contribution < 1.29 is 22.4 Å². The maximum atomic E-state index is 12.9. The lowest BCUT2D eigenvalue weighted by atomic mass is 10.0. The van der Waals surface area contributed by atoms with E-state index in [1.54, 1.807) is 0 Å². The van der Waals surface area contributed by atoms with Crippen LogP contribution in [0.15, 0.2) is 0 Å². The molecule has 1 atom stereocenters. The molecule has 1 aliphatic heterocycles. The van der Waals surface area contributed by atoms with E-state index in [2.05, 4.69) is 5.32 Å². The van der Waals surface area contributed by atoms with E-state index in [1.165, 1.54) is 0 Å². The van der Waals surface area contributed by atoms with E-state index in [1.807, 2.05) is 0 Å². The van der Waals surface area contributed by atoms with Gasteiger partial charge in [0.25, 0.3) is 0 Å². The normalized spacial score (nSPS) is 25.9. The predicted molar refractivity (Wildman–Crippen MR) is 56.7 cm³/mol. The van der Waals surface area contributed by atoms with Gasteiger partial charge in [-0.3, -0.25) is 4.79 Å². The van der Waals surface area contributed by atoms with Crippen LogP contribution in [0.2, 0.25) is 0 Å². The van der Waals surface area contributed by atoms with Gasteiger partial charge < -0.3 is 10.2 Å². The molecule has 1 heterocycles. The van der Waals surface area contributed by atoms with E-state index < -0.39 is 30.8 Å². The first-order chi connectivity index (χ1) is 8.40. The number of amides is 1. The standard InChI is InChI=1S/C11H16F4N2O/c12-10(13)11(14,15)6-17-5-1-2-8(9(17)18)16-7-3-4-7/h7-8,10,16H,1-6H2. The quantitative estimate of drug-likeness (QED) is 0.769. The van der Waals surface area contributed by atoms with E-state index in [-0.39, 0.29) is 12.6 Å². The molecule has 1 amide bonds. The zero-order chi connectivity index (χ0) is 13.3. The Kier molecular flexibility index (Phi) is 3.79. The first-order valence-corrected chi connectivity index (χ1v) is 6.11. The Morgan fingerprint density at radius 3 is 2.56 bits per heavy atom. The van der Waals surface area contributed by atoms with Gasteiger partial charge in [-0.15, -0.1) is 0 Å². The van der Waals surface area contributed by atoms with Crippen molar-refractivity contribution in [2.45, 2.75) is 50.1 Å². The van der Waals surface area contributed by atoms with Gasteiger partial charge in [-0.1, -0.05) is 0 Å². The van der Waals surface area contributed by atoms with Crippen molar-refractivity contribution in [1.29, 1.82) is 0 Å². The molecule has 1 saturated carbocycles. The SMILES string of the molecule is O=C1C(NC2CC2)CCCN1CC(F)(F)C(F)F. The van der Waals surface area contributed by atoms with Crippen molar-refractivity contribution in [3.8, 4) is 0 Å².